The number of piperidine rings is 1. The van der Waals surface area contributed by atoms with Crippen LogP contribution in [-0.2, 0) is 10.4 Å². The predicted octanol–water partition coefficient (Wildman–Crippen LogP) is 2.21. The molecule has 1 aliphatic heterocycles. The van der Waals surface area contributed by atoms with E-state index in [0.717, 1.165) is 38.8 Å². The Balaban J connectivity index is 1.37. The second-order valence-electron chi connectivity index (χ2n) is 8.37. The van der Waals surface area contributed by atoms with Gasteiger partial charge in [0, 0.05) is 25.6 Å². The highest BCUT2D eigenvalue weighted by Gasteiger charge is 2.57. The van der Waals surface area contributed by atoms with Gasteiger partial charge in [-0.1, -0.05) is 49.8 Å². The molecule has 3 amide bonds. The quantitative estimate of drug-likeness (QED) is 0.704. The Hall–Kier alpha value is -2.34. The number of carbonyl (C=O) groups is 2. The fraction of sp³-hybridized carbons (Fsp3) is 0.545. The van der Waals surface area contributed by atoms with Crippen LogP contribution in [-0.4, -0.2) is 41.6 Å². The molecule has 0 bridgehead atoms. The van der Waals surface area contributed by atoms with Crippen molar-refractivity contribution in [1.29, 1.82) is 0 Å². The van der Waals surface area contributed by atoms with Gasteiger partial charge in [0.1, 0.15) is 0 Å². The van der Waals surface area contributed by atoms with E-state index in [1.807, 2.05) is 30.3 Å². The van der Waals surface area contributed by atoms with E-state index in [-0.39, 0.29) is 17.9 Å². The highest BCUT2D eigenvalue weighted by Crippen LogP contribution is 2.51. The Morgan fingerprint density at radius 1 is 1.18 bits per heavy atom. The number of fused-ring (bicyclic) bond motifs is 1. The molecule has 4 rings (SSSR count). The van der Waals surface area contributed by atoms with Crippen molar-refractivity contribution in [3.8, 4) is 0 Å². The number of hydrogen-bond acceptors (Lipinski definition) is 3. The molecular weight excluding hydrogens is 354 g/mol. The number of amides is 3. The molecule has 3 unspecified atom stereocenters. The average molecular weight is 383 g/mol. The summed E-state index contributed by atoms with van der Waals surface area (Å²) < 4.78 is 0. The lowest BCUT2D eigenvalue weighted by Gasteiger charge is -2.33. The second-order valence-corrected chi connectivity index (χ2v) is 8.37. The van der Waals surface area contributed by atoms with E-state index in [2.05, 4.69) is 17.2 Å². The van der Waals surface area contributed by atoms with Crippen molar-refractivity contribution in [2.24, 2.45) is 23.7 Å². The monoisotopic (exact) mass is 383 g/mol. The molecule has 1 aromatic rings. The number of rotatable bonds is 6. The van der Waals surface area contributed by atoms with E-state index in [9.17, 15) is 14.7 Å². The Labute approximate surface area is 166 Å². The van der Waals surface area contributed by atoms with Crippen LogP contribution in [0.2, 0.25) is 0 Å². The molecule has 2 saturated carbocycles. The maximum atomic E-state index is 13.1. The third kappa shape index (κ3) is 3.30. The molecule has 3 aliphatic rings. The predicted molar refractivity (Wildman–Crippen MR) is 106 cm³/mol. The normalized spacial score (nSPS) is 28.3. The summed E-state index contributed by atoms with van der Waals surface area (Å²) in [7, 11) is 0. The first-order chi connectivity index (χ1) is 13.6. The number of aliphatic hydroxyl groups is 1. The van der Waals surface area contributed by atoms with Gasteiger partial charge in [-0.3, -0.25) is 4.79 Å². The lowest BCUT2D eigenvalue weighted by atomic mass is 9.79. The summed E-state index contributed by atoms with van der Waals surface area (Å²) in [6, 6.07) is 9.23. The number of likely N-dealkylation sites (tertiary alicyclic amines) is 1. The highest BCUT2D eigenvalue weighted by atomic mass is 16.3. The molecular formula is C22H29N3O3. The van der Waals surface area contributed by atoms with Crippen LogP contribution in [0.3, 0.4) is 0 Å². The molecule has 3 atom stereocenters. The van der Waals surface area contributed by atoms with Crippen molar-refractivity contribution in [1.82, 2.24) is 15.5 Å². The minimum absolute atomic E-state index is 0.0355. The molecule has 150 valence electrons. The largest absolute Gasteiger partial charge is 0.375 e. The maximum absolute atomic E-state index is 13.1. The second kappa shape index (κ2) is 7.59. The summed E-state index contributed by atoms with van der Waals surface area (Å²) in [5.41, 5.74) is -0.778. The third-order valence-corrected chi connectivity index (χ3v) is 6.89. The highest BCUT2D eigenvalue weighted by molar-refractivity contribution is 5.86. The Morgan fingerprint density at radius 2 is 1.82 bits per heavy atom. The summed E-state index contributed by atoms with van der Waals surface area (Å²) in [4.78, 5) is 26.8. The van der Waals surface area contributed by atoms with Gasteiger partial charge in [-0.2, -0.15) is 0 Å². The van der Waals surface area contributed by atoms with Crippen LogP contribution < -0.4 is 10.6 Å². The molecule has 0 aromatic heterocycles. The zero-order valence-electron chi connectivity index (χ0n) is 16.1. The van der Waals surface area contributed by atoms with E-state index in [4.69, 9.17) is 0 Å². The van der Waals surface area contributed by atoms with Gasteiger partial charge in [0.15, 0.2) is 5.60 Å². The van der Waals surface area contributed by atoms with Crippen LogP contribution in [0.4, 0.5) is 4.79 Å². The molecule has 6 heteroatoms. The van der Waals surface area contributed by atoms with Crippen LogP contribution >= 0.6 is 0 Å². The lowest BCUT2D eigenvalue weighted by Crippen LogP contribution is -2.50. The Kier molecular flexibility index (Phi) is 5.15. The van der Waals surface area contributed by atoms with Gasteiger partial charge >= 0.3 is 6.03 Å². The van der Waals surface area contributed by atoms with Crippen LogP contribution in [0.1, 0.15) is 31.2 Å². The lowest BCUT2D eigenvalue weighted by molar-refractivity contribution is -0.147. The van der Waals surface area contributed by atoms with Gasteiger partial charge in [0.05, 0.1) is 0 Å². The topological polar surface area (TPSA) is 81.7 Å². The molecule has 1 saturated heterocycles. The maximum Gasteiger partial charge on any atom is 0.321 e. The van der Waals surface area contributed by atoms with Gasteiger partial charge in [0.2, 0.25) is 0 Å². The summed E-state index contributed by atoms with van der Waals surface area (Å²) in [6.45, 7) is 5.52. The number of urea groups is 1. The standard InChI is InChI=1S/C22H29N3O3/c1-2-23-21(27)25-13-18-17(19(18)14-25)12-24-20(26)22(28,16-10-6-7-11-16)15-8-4-3-5-9-15/h2-5,8-9,16-19,28H,1,6-7,10-14H2,(H,23,27)(H,24,26). The molecule has 0 radical (unpaired) electrons. The number of nitrogens with zero attached hydrogens (tertiary/aromatic N) is 1. The minimum atomic E-state index is -1.46. The molecule has 1 heterocycles. The summed E-state index contributed by atoms with van der Waals surface area (Å²) in [5, 5.41) is 17.1. The number of nitrogens with one attached hydrogen (secondary N) is 2. The van der Waals surface area contributed by atoms with Crippen molar-refractivity contribution in [2.45, 2.75) is 31.3 Å². The molecule has 28 heavy (non-hydrogen) atoms. The molecule has 3 fully saturated rings. The van der Waals surface area contributed by atoms with Crippen molar-refractivity contribution in [2.75, 3.05) is 19.6 Å². The number of benzene rings is 1. The van der Waals surface area contributed by atoms with E-state index >= 15 is 0 Å². The summed E-state index contributed by atoms with van der Waals surface area (Å²) >= 11 is 0. The smallest absolute Gasteiger partial charge is 0.321 e. The SMILES string of the molecule is C=CNC(=O)N1CC2C(CNC(=O)C(O)(c3ccccc3)C3CCCC3)C2C1. The first-order valence-corrected chi connectivity index (χ1v) is 10.3. The van der Waals surface area contributed by atoms with E-state index < -0.39 is 5.60 Å². The average Bonchev–Trinajstić information content (AvgIpc) is 3.14. The minimum Gasteiger partial charge on any atom is -0.375 e. The van der Waals surface area contributed by atoms with Gasteiger partial charge < -0.3 is 20.6 Å². The molecule has 2 aliphatic carbocycles. The van der Waals surface area contributed by atoms with E-state index in [1.54, 1.807) is 4.90 Å². The number of carbonyl (C=O) groups excluding carboxylic acids is 2. The Morgan fingerprint density at radius 3 is 2.43 bits per heavy atom. The van der Waals surface area contributed by atoms with Crippen molar-refractivity contribution >= 4 is 11.9 Å². The van der Waals surface area contributed by atoms with Crippen LogP contribution in [0.15, 0.2) is 43.1 Å². The summed E-state index contributed by atoms with van der Waals surface area (Å²) in [6.07, 6.45) is 5.27. The first kappa shape index (κ1) is 19.0. The van der Waals surface area contributed by atoms with E-state index in [0.29, 0.717) is 29.9 Å². The zero-order valence-corrected chi connectivity index (χ0v) is 16.1. The van der Waals surface area contributed by atoms with Crippen LogP contribution in [0, 0.1) is 23.7 Å². The van der Waals surface area contributed by atoms with Crippen LogP contribution in [0.25, 0.3) is 0 Å². The van der Waals surface area contributed by atoms with Gasteiger partial charge in [-0.25, -0.2) is 4.79 Å². The van der Waals surface area contributed by atoms with Gasteiger partial charge in [-0.15, -0.1) is 0 Å². The first-order valence-electron chi connectivity index (χ1n) is 10.3. The molecule has 1 aromatic carbocycles. The zero-order chi connectivity index (χ0) is 19.7. The van der Waals surface area contributed by atoms with Crippen molar-refractivity contribution in [3.05, 3.63) is 48.7 Å². The fourth-order valence-electron chi connectivity index (χ4n) is 5.23. The van der Waals surface area contributed by atoms with Crippen molar-refractivity contribution in [3.63, 3.8) is 0 Å². The van der Waals surface area contributed by atoms with Crippen LogP contribution in [0.5, 0.6) is 0 Å². The third-order valence-electron chi connectivity index (χ3n) is 6.89. The number of hydrogen-bond donors (Lipinski definition) is 3. The molecule has 3 N–H and O–H groups in total. The van der Waals surface area contributed by atoms with Crippen molar-refractivity contribution < 1.29 is 14.7 Å². The summed E-state index contributed by atoms with van der Waals surface area (Å²) in [5.74, 6) is 0.947. The van der Waals surface area contributed by atoms with E-state index in [1.165, 1.54) is 6.20 Å². The van der Waals surface area contributed by atoms with Gasteiger partial charge in [0.25, 0.3) is 5.91 Å². The molecule has 6 nitrogen and oxygen atoms in total. The fourth-order valence-corrected chi connectivity index (χ4v) is 5.23. The Bertz CT molecular complexity index is 735. The van der Waals surface area contributed by atoms with Gasteiger partial charge in [-0.05, 0) is 42.4 Å². The molecule has 0 spiro atoms.